The lowest BCUT2D eigenvalue weighted by Crippen LogP contribution is -2.55. The molecule has 0 aliphatic carbocycles. The summed E-state index contributed by atoms with van der Waals surface area (Å²) >= 11 is 0. The van der Waals surface area contributed by atoms with Crippen molar-refractivity contribution in [1.29, 1.82) is 0 Å². The number of aromatic nitrogens is 1. The van der Waals surface area contributed by atoms with Crippen molar-refractivity contribution in [2.45, 2.75) is 6.92 Å². The van der Waals surface area contributed by atoms with E-state index < -0.39 is 12.1 Å². The van der Waals surface area contributed by atoms with Crippen LogP contribution in [0.2, 0.25) is 0 Å². The fourth-order valence-electron chi connectivity index (χ4n) is 1.39. The average molecular weight is 275 g/mol. The summed E-state index contributed by atoms with van der Waals surface area (Å²) in [5.74, 6) is 0. The molecule has 0 aromatic carbocycles. The summed E-state index contributed by atoms with van der Waals surface area (Å²) < 4.78 is 0. The highest BCUT2D eigenvalue weighted by Gasteiger charge is 2.20. The number of amides is 4. The fourth-order valence-corrected chi connectivity index (χ4v) is 1.39. The molecule has 20 heavy (non-hydrogen) atoms. The van der Waals surface area contributed by atoms with Gasteiger partial charge in [-0.05, 0) is 19.1 Å². The van der Waals surface area contributed by atoms with Gasteiger partial charge in [0, 0.05) is 6.20 Å². The van der Waals surface area contributed by atoms with Gasteiger partial charge in [0.25, 0.3) is 0 Å². The monoisotopic (exact) mass is 275 g/mol. The van der Waals surface area contributed by atoms with Crippen molar-refractivity contribution in [3.63, 3.8) is 0 Å². The van der Waals surface area contributed by atoms with E-state index in [1.807, 2.05) is 0 Å². The molecule has 0 saturated carbocycles. The highest BCUT2D eigenvalue weighted by Crippen LogP contribution is 1.93. The van der Waals surface area contributed by atoms with Gasteiger partial charge in [0.2, 0.25) is 0 Å². The number of nitrogens with one attached hydrogen (secondary N) is 3. The first-order valence-electron chi connectivity index (χ1n) is 5.76. The van der Waals surface area contributed by atoms with Crippen LogP contribution < -0.4 is 16.3 Å². The SMILES string of the molecule is CC1=NNC(=O)N(NC(=O)N/N=C/c2ccccn2)C1. The third-order valence-corrected chi connectivity index (χ3v) is 2.26. The van der Waals surface area contributed by atoms with Crippen LogP contribution in [0.1, 0.15) is 12.6 Å². The van der Waals surface area contributed by atoms with E-state index in [1.165, 1.54) is 6.21 Å². The number of carbonyl (C=O) groups is 2. The van der Waals surface area contributed by atoms with Crippen LogP contribution in [0.3, 0.4) is 0 Å². The van der Waals surface area contributed by atoms with Crippen molar-refractivity contribution in [3.05, 3.63) is 30.1 Å². The van der Waals surface area contributed by atoms with Crippen molar-refractivity contribution in [1.82, 2.24) is 26.3 Å². The molecule has 0 unspecified atom stereocenters. The highest BCUT2D eigenvalue weighted by molar-refractivity contribution is 5.92. The summed E-state index contributed by atoms with van der Waals surface area (Å²) in [7, 11) is 0. The average Bonchev–Trinajstić information content (AvgIpc) is 2.44. The number of pyridine rings is 1. The Morgan fingerprint density at radius 3 is 3.15 bits per heavy atom. The van der Waals surface area contributed by atoms with Crippen LogP contribution in [-0.4, -0.2) is 40.5 Å². The molecule has 2 heterocycles. The molecule has 2 rings (SSSR count). The van der Waals surface area contributed by atoms with Gasteiger partial charge in [0.05, 0.1) is 24.2 Å². The van der Waals surface area contributed by atoms with E-state index in [1.54, 1.807) is 31.3 Å². The molecule has 104 valence electrons. The molecular weight excluding hydrogens is 262 g/mol. The maximum atomic E-state index is 11.5. The van der Waals surface area contributed by atoms with Gasteiger partial charge >= 0.3 is 12.1 Å². The van der Waals surface area contributed by atoms with Gasteiger partial charge in [0.15, 0.2) is 0 Å². The lowest BCUT2D eigenvalue weighted by atomic mass is 10.4. The zero-order valence-electron chi connectivity index (χ0n) is 10.7. The Morgan fingerprint density at radius 1 is 1.55 bits per heavy atom. The number of hydrazone groups is 2. The Labute approximate surface area is 114 Å². The molecule has 1 aromatic heterocycles. The van der Waals surface area contributed by atoms with Gasteiger partial charge in [-0.2, -0.15) is 10.2 Å². The predicted octanol–water partition coefficient (Wildman–Crippen LogP) is 0.0308. The van der Waals surface area contributed by atoms with E-state index in [9.17, 15) is 9.59 Å². The Bertz CT molecular complexity index is 555. The number of rotatable bonds is 3. The minimum atomic E-state index is -0.637. The van der Waals surface area contributed by atoms with Crippen molar-refractivity contribution in [3.8, 4) is 0 Å². The molecule has 0 saturated heterocycles. The Kier molecular flexibility index (Phi) is 4.22. The molecule has 1 aromatic rings. The second kappa shape index (κ2) is 6.27. The summed E-state index contributed by atoms with van der Waals surface area (Å²) in [6.07, 6.45) is 3.00. The van der Waals surface area contributed by atoms with Gasteiger partial charge < -0.3 is 0 Å². The summed E-state index contributed by atoms with van der Waals surface area (Å²) in [5, 5.41) is 8.54. The molecule has 0 fully saturated rings. The van der Waals surface area contributed by atoms with E-state index in [0.717, 1.165) is 5.01 Å². The number of hydrazine groups is 1. The lowest BCUT2D eigenvalue weighted by molar-refractivity contribution is 0.173. The minimum absolute atomic E-state index is 0.212. The van der Waals surface area contributed by atoms with Gasteiger partial charge in [-0.3, -0.25) is 4.98 Å². The first kappa shape index (κ1) is 13.5. The van der Waals surface area contributed by atoms with Crippen molar-refractivity contribution in [2.24, 2.45) is 10.2 Å². The first-order chi connectivity index (χ1) is 9.65. The number of carbonyl (C=O) groups excluding carboxylic acids is 2. The molecule has 3 N–H and O–H groups in total. The smallest absolute Gasteiger partial charge is 0.255 e. The minimum Gasteiger partial charge on any atom is -0.255 e. The van der Waals surface area contributed by atoms with Crippen LogP contribution in [0.15, 0.2) is 34.6 Å². The van der Waals surface area contributed by atoms with Crippen LogP contribution in [-0.2, 0) is 0 Å². The normalized spacial score (nSPS) is 14.8. The van der Waals surface area contributed by atoms with E-state index >= 15 is 0 Å². The predicted molar refractivity (Wildman–Crippen MR) is 71.8 cm³/mol. The Hall–Kier alpha value is -2.97. The van der Waals surface area contributed by atoms with Crippen LogP contribution in [0, 0.1) is 0 Å². The molecule has 0 spiro atoms. The molecule has 0 bridgehead atoms. The summed E-state index contributed by atoms with van der Waals surface area (Å²) in [6, 6.07) is 4.16. The van der Waals surface area contributed by atoms with Crippen LogP contribution in [0.4, 0.5) is 9.59 Å². The fraction of sp³-hybridized carbons (Fsp3) is 0.182. The second-order valence-electron chi connectivity index (χ2n) is 3.92. The third kappa shape index (κ3) is 3.77. The number of urea groups is 2. The van der Waals surface area contributed by atoms with E-state index in [0.29, 0.717) is 11.4 Å². The summed E-state index contributed by atoms with van der Waals surface area (Å²) in [5.41, 5.74) is 8.10. The zero-order chi connectivity index (χ0) is 14.4. The molecular formula is C11H13N7O2. The van der Waals surface area contributed by atoms with Crippen LogP contribution in [0.5, 0.6) is 0 Å². The molecule has 4 amide bonds. The lowest BCUT2D eigenvalue weighted by Gasteiger charge is -2.25. The Balaban J connectivity index is 1.82. The van der Waals surface area contributed by atoms with Crippen molar-refractivity contribution < 1.29 is 9.59 Å². The topological polar surface area (TPSA) is 111 Å². The maximum Gasteiger partial charge on any atom is 0.356 e. The van der Waals surface area contributed by atoms with Gasteiger partial charge in [-0.15, -0.1) is 0 Å². The molecule has 0 radical (unpaired) electrons. The van der Waals surface area contributed by atoms with Gasteiger partial charge in [-0.1, -0.05) is 6.07 Å². The molecule has 9 heteroatoms. The maximum absolute atomic E-state index is 11.5. The van der Waals surface area contributed by atoms with E-state index in [4.69, 9.17) is 0 Å². The summed E-state index contributed by atoms with van der Waals surface area (Å²) in [6.45, 7) is 1.94. The second-order valence-corrected chi connectivity index (χ2v) is 3.92. The first-order valence-corrected chi connectivity index (χ1v) is 5.76. The van der Waals surface area contributed by atoms with E-state index in [2.05, 4.69) is 31.5 Å². The largest absolute Gasteiger partial charge is 0.356 e. The quantitative estimate of drug-likeness (QED) is 0.534. The third-order valence-electron chi connectivity index (χ3n) is 2.26. The van der Waals surface area contributed by atoms with Crippen LogP contribution >= 0.6 is 0 Å². The summed E-state index contributed by atoms with van der Waals surface area (Å²) in [4.78, 5) is 26.9. The van der Waals surface area contributed by atoms with Gasteiger partial charge in [-0.25, -0.2) is 30.9 Å². The molecule has 9 nitrogen and oxygen atoms in total. The van der Waals surface area contributed by atoms with E-state index in [-0.39, 0.29) is 6.54 Å². The molecule has 1 aliphatic heterocycles. The number of hydrogen-bond acceptors (Lipinski definition) is 5. The van der Waals surface area contributed by atoms with Crippen LogP contribution in [0.25, 0.3) is 0 Å². The highest BCUT2D eigenvalue weighted by atomic mass is 16.2. The number of nitrogens with zero attached hydrogens (tertiary/aromatic N) is 4. The molecule has 1 aliphatic rings. The van der Waals surface area contributed by atoms with Crippen molar-refractivity contribution in [2.75, 3.05) is 6.54 Å². The number of hydrogen-bond donors (Lipinski definition) is 3. The molecule has 0 atom stereocenters. The standard InChI is InChI=1S/C11H13N7O2/c1-8-7-18(11(20)16-14-8)17-10(19)15-13-6-9-4-2-3-5-12-9/h2-6H,7H2,1H3,(H,16,20)(H2,15,17,19)/b13-6+. The van der Waals surface area contributed by atoms with Gasteiger partial charge in [0.1, 0.15) is 0 Å². The van der Waals surface area contributed by atoms with Crippen molar-refractivity contribution >= 4 is 24.0 Å². The Morgan fingerprint density at radius 2 is 2.40 bits per heavy atom. The zero-order valence-corrected chi connectivity index (χ0v) is 10.7.